The van der Waals surface area contributed by atoms with E-state index < -0.39 is 18.5 Å². The monoisotopic (exact) mass is 371 g/mol. The molecule has 0 radical (unpaired) electrons. The molecule has 0 unspecified atom stereocenters. The molecule has 0 aliphatic heterocycles. The van der Waals surface area contributed by atoms with Gasteiger partial charge in [0.15, 0.2) is 6.61 Å². The zero-order valence-electron chi connectivity index (χ0n) is 15.4. The zero-order chi connectivity index (χ0) is 19.6. The molecule has 7 nitrogen and oxygen atoms in total. The van der Waals surface area contributed by atoms with E-state index in [0.717, 1.165) is 0 Å². The van der Waals surface area contributed by atoms with Crippen LogP contribution in [0.15, 0.2) is 48.5 Å². The number of hydrogen-bond acceptors (Lipinski definition) is 6. The molecule has 0 saturated carbocycles. The Labute approximate surface area is 157 Å². The van der Waals surface area contributed by atoms with Gasteiger partial charge >= 0.3 is 5.97 Å². The summed E-state index contributed by atoms with van der Waals surface area (Å²) in [4.78, 5) is 23.6. The van der Waals surface area contributed by atoms with Gasteiger partial charge in [0, 0.05) is 17.8 Å². The highest BCUT2D eigenvalue weighted by atomic mass is 16.5. The van der Waals surface area contributed by atoms with Crippen molar-refractivity contribution in [2.24, 2.45) is 0 Å². The van der Waals surface area contributed by atoms with Crippen molar-refractivity contribution in [2.75, 3.05) is 33.3 Å². The van der Waals surface area contributed by atoms with E-state index in [9.17, 15) is 9.59 Å². The zero-order valence-corrected chi connectivity index (χ0v) is 15.4. The quantitative estimate of drug-likeness (QED) is 0.567. The minimum atomic E-state index is -0.637. The first kappa shape index (κ1) is 19.8. The molecule has 0 spiro atoms. The maximum atomic E-state index is 11.8. The number of esters is 1. The fourth-order valence-electron chi connectivity index (χ4n) is 2.15. The summed E-state index contributed by atoms with van der Waals surface area (Å²) < 4.78 is 20.3. The van der Waals surface area contributed by atoms with Crippen LogP contribution < -0.4 is 19.5 Å². The van der Waals surface area contributed by atoms with Gasteiger partial charge in [-0.1, -0.05) is 0 Å². The summed E-state index contributed by atoms with van der Waals surface area (Å²) in [6.07, 6.45) is 2.78. The fraction of sp³-hybridized carbons (Fsp3) is 0.200. The van der Waals surface area contributed by atoms with Crippen molar-refractivity contribution in [1.82, 2.24) is 0 Å². The van der Waals surface area contributed by atoms with Crippen LogP contribution in [0.4, 0.5) is 5.69 Å². The maximum Gasteiger partial charge on any atom is 0.331 e. The number of methoxy groups -OCH3 is 3. The second-order valence-electron chi connectivity index (χ2n) is 5.36. The van der Waals surface area contributed by atoms with Crippen molar-refractivity contribution in [2.45, 2.75) is 0 Å². The predicted octanol–water partition coefficient (Wildman–Crippen LogP) is 2.91. The van der Waals surface area contributed by atoms with Crippen LogP contribution in [0.5, 0.6) is 17.2 Å². The molecule has 0 aliphatic carbocycles. The molecule has 7 heteroatoms. The van der Waals surface area contributed by atoms with E-state index in [2.05, 4.69) is 5.32 Å². The third-order valence-corrected chi connectivity index (χ3v) is 3.50. The largest absolute Gasteiger partial charge is 0.497 e. The molecule has 0 aliphatic rings. The Kier molecular flexibility index (Phi) is 7.25. The van der Waals surface area contributed by atoms with Crippen molar-refractivity contribution in [3.63, 3.8) is 0 Å². The van der Waals surface area contributed by atoms with E-state index in [1.807, 2.05) is 0 Å². The normalized spacial score (nSPS) is 10.3. The number of hydrogen-bond donors (Lipinski definition) is 1. The molecule has 0 aromatic heterocycles. The van der Waals surface area contributed by atoms with Crippen molar-refractivity contribution in [1.29, 1.82) is 0 Å². The van der Waals surface area contributed by atoms with Crippen LogP contribution in [-0.2, 0) is 14.3 Å². The first-order chi connectivity index (χ1) is 13.0. The number of amides is 1. The van der Waals surface area contributed by atoms with Crippen LogP contribution in [0, 0.1) is 0 Å². The summed E-state index contributed by atoms with van der Waals surface area (Å²) in [5, 5.41) is 2.62. The van der Waals surface area contributed by atoms with Crippen LogP contribution in [0.2, 0.25) is 0 Å². The number of carbonyl (C=O) groups excluding carboxylic acids is 2. The molecule has 0 atom stereocenters. The lowest BCUT2D eigenvalue weighted by molar-refractivity contribution is -0.142. The minimum absolute atomic E-state index is 0.392. The number of rotatable bonds is 8. The van der Waals surface area contributed by atoms with Crippen LogP contribution in [0.1, 0.15) is 5.56 Å². The van der Waals surface area contributed by atoms with Crippen LogP contribution in [-0.4, -0.2) is 39.8 Å². The van der Waals surface area contributed by atoms with Gasteiger partial charge in [0.25, 0.3) is 5.91 Å². The number of anilines is 1. The van der Waals surface area contributed by atoms with Crippen molar-refractivity contribution in [3.8, 4) is 17.2 Å². The van der Waals surface area contributed by atoms with Gasteiger partial charge in [-0.05, 0) is 48.0 Å². The van der Waals surface area contributed by atoms with E-state index >= 15 is 0 Å². The first-order valence-electron chi connectivity index (χ1n) is 8.06. The predicted molar refractivity (Wildman–Crippen MR) is 101 cm³/mol. The molecule has 1 amide bonds. The Balaban J connectivity index is 1.86. The molecular weight excluding hydrogens is 350 g/mol. The summed E-state index contributed by atoms with van der Waals surface area (Å²) >= 11 is 0. The average molecular weight is 371 g/mol. The molecule has 0 bridgehead atoms. The highest BCUT2D eigenvalue weighted by molar-refractivity contribution is 5.94. The molecular formula is C20H21NO6. The lowest BCUT2D eigenvalue weighted by atomic mass is 10.2. The molecule has 2 rings (SSSR count). The third-order valence-electron chi connectivity index (χ3n) is 3.50. The number of carbonyl (C=O) groups is 2. The second-order valence-corrected chi connectivity index (χ2v) is 5.36. The van der Waals surface area contributed by atoms with E-state index in [4.69, 9.17) is 18.9 Å². The van der Waals surface area contributed by atoms with E-state index in [1.165, 1.54) is 20.3 Å². The van der Waals surface area contributed by atoms with Crippen LogP contribution in [0.3, 0.4) is 0 Å². The summed E-state index contributed by atoms with van der Waals surface area (Å²) in [6.45, 7) is -0.392. The Morgan fingerprint density at radius 3 is 2.04 bits per heavy atom. The lowest BCUT2D eigenvalue weighted by Crippen LogP contribution is -2.20. The minimum Gasteiger partial charge on any atom is -0.497 e. The van der Waals surface area contributed by atoms with Crippen LogP contribution in [0.25, 0.3) is 6.08 Å². The number of benzene rings is 2. The Bertz CT molecular complexity index is 791. The Hall–Kier alpha value is -3.48. The fourth-order valence-corrected chi connectivity index (χ4v) is 2.15. The van der Waals surface area contributed by atoms with Crippen molar-refractivity contribution < 1.29 is 28.5 Å². The standard InChI is InChI=1S/C20H21NO6/c1-24-16-7-5-15(6-8-16)21-19(22)13-27-20(23)9-4-14-10-17(25-2)12-18(11-14)26-3/h4-12H,13H2,1-3H3,(H,21,22)/b9-4+. The number of nitrogens with one attached hydrogen (secondary N) is 1. The van der Waals surface area contributed by atoms with Crippen LogP contribution >= 0.6 is 0 Å². The molecule has 27 heavy (non-hydrogen) atoms. The van der Waals surface area contributed by atoms with Gasteiger partial charge in [-0.2, -0.15) is 0 Å². The van der Waals surface area contributed by atoms with Gasteiger partial charge in [-0.3, -0.25) is 4.79 Å². The molecule has 142 valence electrons. The maximum absolute atomic E-state index is 11.8. The SMILES string of the molecule is COc1ccc(NC(=O)COC(=O)/C=C/c2cc(OC)cc(OC)c2)cc1. The first-order valence-corrected chi connectivity index (χ1v) is 8.06. The summed E-state index contributed by atoms with van der Waals surface area (Å²) in [6, 6.07) is 12.0. The van der Waals surface area contributed by atoms with Gasteiger partial charge in [0.1, 0.15) is 17.2 Å². The molecule has 2 aromatic rings. The van der Waals surface area contributed by atoms with Crippen molar-refractivity contribution in [3.05, 3.63) is 54.1 Å². The van der Waals surface area contributed by atoms with Gasteiger partial charge in [0.05, 0.1) is 21.3 Å². The lowest BCUT2D eigenvalue weighted by Gasteiger charge is -2.07. The van der Waals surface area contributed by atoms with Crippen molar-refractivity contribution >= 4 is 23.6 Å². The highest BCUT2D eigenvalue weighted by Crippen LogP contribution is 2.23. The Morgan fingerprint density at radius 1 is 0.889 bits per heavy atom. The van der Waals surface area contributed by atoms with Gasteiger partial charge in [0.2, 0.25) is 0 Å². The summed E-state index contributed by atoms with van der Waals surface area (Å²) in [7, 11) is 4.64. The molecule has 1 N–H and O–H groups in total. The topological polar surface area (TPSA) is 83.1 Å². The van der Waals surface area contributed by atoms with Gasteiger partial charge < -0.3 is 24.3 Å². The summed E-state index contributed by atoms with van der Waals surface area (Å²) in [5.41, 5.74) is 1.28. The molecule has 0 heterocycles. The molecule has 2 aromatic carbocycles. The Morgan fingerprint density at radius 2 is 1.48 bits per heavy atom. The van der Waals surface area contributed by atoms with Gasteiger partial charge in [-0.25, -0.2) is 4.79 Å². The third kappa shape index (κ3) is 6.39. The smallest absolute Gasteiger partial charge is 0.331 e. The van der Waals surface area contributed by atoms with E-state index in [0.29, 0.717) is 28.5 Å². The second kappa shape index (κ2) is 9.86. The van der Waals surface area contributed by atoms with E-state index in [-0.39, 0.29) is 0 Å². The molecule has 0 saturated heterocycles. The summed E-state index contributed by atoms with van der Waals surface area (Å²) in [5.74, 6) is 0.799. The van der Waals surface area contributed by atoms with Gasteiger partial charge in [-0.15, -0.1) is 0 Å². The highest BCUT2D eigenvalue weighted by Gasteiger charge is 2.06. The molecule has 0 fully saturated rings. The average Bonchev–Trinajstić information content (AvgIpc) is 2.70. The van der Waals surface area contributed by atoms with E-state index in [1.54, 1.807) is 55.7 Å². The number of ether oxygens (including phenoxy) is 4.